The standard InChI is InChI=1S/C14H18N6O/c1-19(2)13(21)12-5-6-20(18-12)14-16-8-10(9-17-14)7-15-11-3-4-11/h5-6,8-9,11,15H,3-4,7H2,1-2H3. The lowest BCUT2D eigenvalue weighted by Crippen LogP contribution is -2.22. The van der Waals surface area contributed by atoms with Crippen LogP contribution in [0.2, 0.25) is 0 Å². The van der Waals surface area contributed by atoms with Gasteiger partial charge in [0, 0.05) is 50.8 Å². The van der Waals surface area contributed by atoms with Crippen LogP contribution in [0, 0.1) is 0 Å². The molecule has 1 saturated carbocycles. The van der Waals surface area contributed by atoms with Crippen LogP contribution in [0.1, 0.15) is 28.9 Å². The monoisotopic (exact) mass is 286 g/mol. The Hall–Kier alpha value is -2.28. The van der Waals surface area contributed by atoms with Crippen molar-refractivity contribution < 1.29 is 4.79 Å². The molecule has 0 radical (unpaired) electrons. The Labute approximate surface area is 123 Å². The first-order valence-corrected chi connectivity index (χ1v) is 6.95. The summed E-state index contributed by atoms with van der Waals surface area (Å²) in [6.45, 7) is 0.786. The van der Waals surface area contributed by atoms with Crippen molar-refractivity contribution in [2.24, 2.45) is 0 Å². The molecule has 0 bridgehead atoms. The van der Waals surface area contributed by atoms with Crippen LogP contribution in [0.15, 0.2) is 24.7 Å². The summed E-state index contributed by atoms with van der Waals surface area (Å²) in [6, 6.07) is 2.32. The summed E-state index contributed by atoms with van der Waals surface area (Å²) in [4.78, 5) is 21.9. The molecule has 0 aromatic carbocycles. The van der Waals surface area contributed by atoms with Crippen molar-refractivity contribution in [1.82, 2.24) is 30.0 Å². The van der Waals surface area contributed by atoms with Gasteiger partial charge in [0.05, 0.1) is 0 Å². The van der Waals surface area contributed by atoms with Crippen molar-refractivity contribution in [2.75, 3.05) is 14.1 Å². The first kappa shape index (κ1) is 13.7. The quantitative estimate of drug-likeness (QED) is 0.872. The molecule has 1 fully saturated rings. The predicted octanol–water partition coefficient (Wildman–Crippen LogP) is 0.616. The van der Waals surface area contributed by atoms with Gasteiger partial charge < -0.3 is 10.2 Å². The summed E-state index contributed by atoms with van der Waals surface area (Å²) >= 11 is 0. The van der Waals surface area contributed by atoms with Crippen LogP contribution in [0.5, 0.6) is 0 Å². The maximum atomic E-state index is 11.8. The molecular formula is C14H18N6O. The van der Waals surface area contributed by atoms with Gasteiger partial charge >= 0.3 is 0 Å². The molecule has 0 atom stereocenters. The number of nitrogens with one attached hydrogen (secondary N) is 1. The van der Waals surface area contributed by atoms with Gasteiger partial charge in [-0.25, -0.2) is 14.6 Å². The lowest BCUT2D eigenvalue weighted by Gasteiger charge is -2.07. The fourth-order valence-corrected chi connectivity index (χ4v) is 1.89. The van der Waals surface area contributed by atoms with Crippen LogP contribution in [0.25, 0.3) is 5.95 Å². The van der Waals surface area contributed by atoms with Gasteiger partial charge in [0.25, 0.3) is 5.91 Å². The van der Waals surface area contributed by atoms with E-state index in [0.717, 1.165) is 12.1 Å². The molecule has 0 aliphatic heterocycles. The lowest BCUT2D eigenvalue weighted by atomic mass is 10.3. The van der Waals surface area contributed by atoms with Gasteiger partial charge in [-0.15, -0.1) is 0 Å². The second kappa shape index (κ2) is 5.61. The molecule has 110 valence electrons. The molecule has 0 saturated heterocycles. The number of carbonyl (C=O) groups is 1. The zero-order valence-corrected chi connectivity index (χ0v) is 12.2. The van der Waals surface area contributed by atoms with E-state index >= 15 is 0 Å². The van der Waals surface area contributed by atoms with E-state index in [1.807, 2.05) is 0 Å². The van der Waals surface area contributed by atoms with Gasteiger partial charge in [0.15, 0.2) is 5.69 Å². The van der Waals surface area contributed by atoms with Gasteiger partial charge in [-0.1, -0.05) is 0 Å². The first-order chi connectivity index (χ1) is 10.1. The van der Waals surface area contributed by atoms with E-state index in [0.29, 0.717) is 17.7 Å². The van der Waals surface area contributed by atoms with Crippen molar-refractivity contribution >= 4 is 5.91 Å². The minimum Gasteiger partial charge on any atom is -0.343 e. The predicted molar refractivity (Wildman–Crippen MR) is 77.0 cm³/mol. The smallest absolute Gasteiger partial charge is 0.273 e. The summed E-state index contributed by atoms with van der Waals surface area (Å²) in [5.74, 6) is 0.321. The summed E-state index contributed by atoms with van der Waals surface area (Å²) < 4.78 is 1.51. The first-order valence-electron chi connectivity index (χ1n) is 6.95. The molecule has 7 nitrogen and oxygen atoms in total. The van der Waals surface area contributed by atoms with Gasteiger partial charge in [0.2, 0.25) is 5.95 Å². The van der Waals surface area contributed by atoms with Crippen molar-refractivity contribution in [2.45, 2.75) is 25.4 Å². The number of hydrogen-bond donors (Lipinski definition) is 1. The average molecular weight is 286 g/mol. The third-order valence-corrected chi connectivity index (χ3v) is 3.28. The molecule has 2 aromatic heterocycles. The minimum absolute atomic E-state index is 0.140. The molecule has 1 aliphatic carbocycles. The van der Waals surface area contributed by atoms with Crippen LogP contribution in [-0.4, -0.2) is 50.7 Å². The van der Waals surface area contributed by atoms with Crippen LogP contribution >= 0.6 is 0 Å². The molecule has 1 aliphatic rings. The van der Waals surface area contributed by atoms with Gasteiger partial charge in [-0.05, 0) is 18.9 Å². The number of hydrogen-bond acceptors (Lipinski definition) is 5. The van der Waals surface area contributed by atoms with E-state index < -0.39 is 0 Å². The fraction of sp³-hybridized carbons (Fsp3) is 0.429. The van der Waals surface area contributed by atoms with Gasteiger partial charge in [0.1, 0.15) is 0 Å². The lowest BCUT2D eigenvalue weighted by molar-refractivity contribution is 0.0821. The summed E-state index contributed by atoms with van der Waals surface area (Å²) in [6.07, 6.45) is 7.78. The molecule has 2 aromatic rings. The molecule has 7 heteroatoms. The number of aromatic nitrogens is 4. The van der Waals surface area contributed by atoms with Gasteiger partial charge in [-0.3, -0.25) is 4.79 Å². The van der Waals surface area contributed by atoms with E-state index in [1.54, 1.807) is 38.8 Å². The van der Waals surface area contributed by atoms with E-state index in [9.17, 15) is 4.79 Å². The normalized spacial score (nSPS) is 14.2. The molecule has 0 unspecified atom stereocenters. The molecular weight excluding hydrogens is 268 g/mol. The SMILES string of the molecule is CN(C)C(=O)c1ccn(-c2ncc(CNC3CC3)cn2)n1. The Morgan fingerprint density at radius 2 is 2.10 bits per heavy atom. The summed E-state index contributed by atoms with van der Waals surface area (Å²) in [5.41, 5.74) is 1.42. The van der Waals surface area contributed by atoms with Crippen molar-refractivity contribution in [1.29, 1.82) is 0 Å². The zero-order chi connectivity index (χ0) is 14.8. The minimum atomic E-state index is -0.140. The largest absolute Gasteiger partial charge is 0.343 e. The number of nitrogens with zero attached hydrogens (tertiary/aromatic N) is 5. The van der Waals surface area contributed by atoms with Crippen molar-refractivity contribution in [3.8, 4) is 5.95 Å². The van der Waals surface area contributed by atoms with Crippen LogP contribution in [0.4, 0.5) is 0 Å². The van der Waals surface area contributed by atoms with E-state index in [2.05, 4.69) is 20.4 Å². The molecule has 1 N–H and O–H groups in total. The Morgan fingerprint density at radius 3 is 2.71 bits per heavy atom. The Bertz CT molecular complexity index is 629. The highest BCUT2D eigenvalue weighted by Crippen LogP contribution is 2.19. The molecule has 3 rings (SSSR count). The second-order valence-electron chi connectivity index (χ2n) is 5.39. The van der Waals surface area contributed by atoms with Crippen molar-refractivity contribution in [3.05, 3.63) is 35.9 Å². The highest BCUT2D eigenvalue weighted by atomic mass is 16.2. The molecule has 21 heavy (non-hydrogen) atoms. The van der Waals surface area contributed by atoms with Crippen LogP contribution in [0.3, 0.4) is 0 Å². The van der Waals surface area contributed by atoms with Crippen molar-refractivity contribution in [3.63, 3.8) is 0 Å². The third kappa shape index (κ3) is 3.25. The topological polar surface area (TPSA) is 75.9 Å². The van der Waals surface area contributed by atoms with E-state index in [1.165, 1.54) is 22.4 Å². The maximum absolute atomic E-state index is 11.8. The molecule has 1 amide bonds. The summed E-state index contributed by atoms with van der Waals surface area (Å²) in [7, 11) is 3.39. The Balaban J connectivity index is 1.69. The second-order valence-corrected chi connectivity index (χ2v) is 5.39. The van der Waals surface area contributed by atoms with E-state index in [4.69, 9.17) is 0 Å². The zero-order valence-electron chi connectivity index (χ0n) is 12.2. The highest BCUT2D eigenvalue weighted by molar-refractivity contribution is 5.91. The number of carbonyl (C=O) groups excluding carboxylic acids is 1. The fourth-order valence-electron chi connectivity index (χ4n) is 1.89. The van der Waals surface area contributed by atoms with E-state index in [-0.39, 0.29) is 5.91 Å². The molecule has 0 spiro atoms. The van der Waals surface area contributed by atoms with Gasteiger partial charge in [-0.2, -0.15) is 5.10 Å². The maximum Gasteiger partial charge on any atom is 0.273 e. The molecule has 2 heterocycles. The number of rotatable bonds is 5. The van der Waals surface area contributed by atoms with Crippen LogP contribution in [-0.2, 0) is 6.54 Å². The Morgan fingerprint density at radius 1 is 1.38 bits per heavy atom. The third-order valence-electron chi connectivity index (χ3n) is 3.28. The highest BCUT2D eigenvalue weighted by Gasteiger charge is 2.20. The average Bonchev–Trinajstić information content (AvgIpc) is 3.19. The Kier molecular flexibility index (Phi) is 3.66. The summed E-state index contributed by atoms with van der Waals surface area (Å²) in [5, 5.41) is 7.61. The van der Waals surface area contributed by atoms with Crippen LogP contribution < -0.4 is 5.32 Å². The number of amides is 1.